The monoisotopic (exact) mass is 351 g/mol. The van der Waals surface area contributed by atoms with Gasteiger partial charge in [0.25, 0.3) is 10.2 Å². The Morgan fingerprint density at radius 1 is 0.957 bits per heavy atom. The van der Waals surface area contributed by atoms with E-state index >= 15 is 0 Å². The van der Waals surface area contributed by atoms with Gasteiger partial charge in [-0.3, -0.25) is 4.79 Å². The van der Waals surface area contributed by atoms with Crippen LogP contribution in [-0.2, 0) is 15.0 Å². The van der Waals surface area contributed by atoms with Crippen molar-refractivity contribution in [2.24, 2.45) is 11.8 Å². The summed E-state index contributed by atoms with van der Waals surface area (Å²) in [6.07, 6.45) is 0.857. The highest BCUT2D eigenvalue weighted by atomic mass is 32.2. The van der Waals surface area contributed by atoms with Gasteiger partial charge >= 0.3 is 0 Å². The molecule has 3 aliphatic heterocycles. The summed E-state index contributed by atoms with van der Waals surface area (Å²) in [7, 11) is -3.72. The maximum atomic E-state index is 12.5. The second kappa shape index (κ2) is 6.60. The lowest BCUT2D eigenvalue weighted by Crippen LogP contribution is -2.58. The van der Waals surface area contributed by atoms with Gasteiger partial charge in [0, 0.05) is 45.2 Å². The molecule has 6 nitrogen and oxygen atoms in total. The topological polar surface area (TPSA) is 60.9 Å². The van der Waals surface area contributed by atoms with Crippen LogP contribution in [0.15, 0.2) is 0 Å². The van der Waals surface area contributed by atoms with Gasteiger partial charge in [0.2, 0.25) is 12.3 Å². The summed E-state index contributed by atoms with van der Waals surface area (Å²) < 4.78 is 52.5. The van der Waals surface area contributed by atoms with Gasteiger partial charge in [-0.25, -0.2) is 8.78 Å². The van der Waals surface area contributed by atoms with E-state index in [9.17, 15) is 22.0 Å². The van der Waals surface area contributed by atoms with Crippen molar-refractivity contribution >= 4 is 16.1 Å². The number of likely N-dealkylation sites (tertiary alicyclic amines) is 1. The Bertz CT molecular complexity index is 545. The molecule has 3 heterocycles. The average molecular weight is 351 g/mol. The van der Waals surface area contributed by atoms with Crippen LogP contribution in [0.3, 0.4) is 0 Å². The van der Waals surface area contributed by atoms with Crippen LogP contribution in [0.2, 0.25) is 0 Å². The van der Waals surface area contributed by atoms with Crippen LogP contribution in [0, 0.1) is 11.8 Å². The first-order valence-corrected chi connectivity index (χ1v) is 9.61. The van der Waals surface area contributed by atoms with Crippen molar-refractivity contribution in [3.63, 3.8) is 0 Å². The van der Waals surface area contributed by atoms with Crippen LogP contribution in [0.5, 0.6) is 0 Å². The molecule has 132 valence electrons. The minimum absolute atomic E-state index is 0.0384. The van der Waals surface area contributed by atoms with Gasteiger partial charge in [-0.05, 0) is 25.7 Å². The van der Waals surface area contributed by atoms with Crippen molar-refractivity contribution in [1.29, 1.82) is 0 Å². The standard InChI is InChI=1S/C14H23F2N3O3S/c15-13(16)12-9-19(10-12)23(21,22)18-7-3-4-11(8-18)14(20)17-5-1-2-6-17/h11-13H,1-10H2/t11-/m0/s1. The first-order chi connectivity index (χ1) is 10.9. The number of piperidine rings is 1. The zero-order valence-electron chi connectivity index (χ0n) is 13.0. The number of nitrogens with zero attached hydrogens (tertiary/aromatic N) is 3. The molecule has 0 spiro atoms. The van der Waals surface area contributed by atoms with Gasteiger partial charge in [-0.2, -0.15) is 17.0 Å². The fourth-order valence-corrected chi connectivity index (χ4v) is 5.34. The molecule has 0 unspecified atom stereocenters. The Labute approximate surface area is 135 Å². The predicted molar refractivity (Wildman–Crippen MR) is 80.1 cm³/mol. The first kappa shape index (κ1) is 17.0. The van der Waals surface area contributed by atoms with Gasteiger partial charge in [-0.15, -0.1) is 0 Å². The van der Waals surface area contributed by atoms with Crippen molar-refractivity contribution in [3.8, 4) is 0 Å². The number of hydrogen-bond acceptors (Lipinski definition) is 3. The number of halogens is 2. The molecule has 0 saturated carbocycles. The summed E-state index contributed by atoms with van der Waals surface area (Å²) in [4.78, 5) is 14.3. The zero-order valence-corrected chi connectivity index (χ0v) is 13.9. The highest BCUT2D eigenvalue weighted by Gasteiger charge is 2.44. The lowest BCUT2D eigenvalue weighted by atomic mass is 9.98. The fraction of sp³-hybridized carbons (Fsp3) is 0.929. The fourth-order valence-electron chi connectivity index (χ4n) is 3.53. The first-order valence-electron chi connectivity index (χ1n) is 8.22. The van der Waals surface area contributed by atoms with Crippen LogP contribution in [0.1, 0.15) is 25.7 Å². The van der Waals surface area contributed by atoms with Crippen LogP contribution >= 0.6 is 0 Å². The third kappa shape index (κ3) is 3.36. The minimum Gasteiger partial charge on any atom is -0.342 e. The highest BCUT2D eigenvalue weighted by molar-refractivity contribution is 7.86. The Balaban J connectivity index is 1.60. The van der Waals surface area contributed by atoms with Gasteiger partial charge in [0.1, 0.15) is 0 Å². The summed E-state index contributed by atoms with van der Waals surface area (Å²) >= 11 is 0. The molecule has 0 bridgehead atoms. The molecular weight excluding hydrogens is 328 g/mol. The van der Waals surface area contributed by atoms with E-state index in [-0.39, 0.29) is 31.5 Å². The normalized spacial score (nSPS) is 28.3. The largest absolute Gasteiger partial charge is 0.342 e. The van der Waals surface area contributed by atoms with E-state index in [1.165, 1.54) is 4.31 Å². The smallest absolute Gasteiger partial charge is 0.282 e. The van der Waals surface area contributed by atoms with Crippen LogP contribution in [0.4, 0.5) is 8.78 Å². The van der Waals surface area contributed by atoms with Crippen molar-refractivity contribution in [2.75, 3.05) is 39.3 Å². The van der Waals surface area contributed by atoms with Crippen LogP contribution in [-0.4, -0.2) is 73.5 Å². The lowest BCUT2D eigenvalue weighted by molar-refractivity contribution is -0.135. The molecule has 3 fully saturated rings. The van der Waals surface area contributed by atoms with Crippen molar-refractivity contribution in [2.45, 2.75) is 32.1 Å². The van der Waals surface area contributed by atoms with E-state index < -0.39 is 22.6 Å². The van der Waals surface area contributed by atoms with E-state index in [2.05, 4.69) is 0 Å². The molecule has 23 heavy (non-hydrogen) atoms. The van der Waals surface area contributed by atoms with E-state index in [1.807, 2.05) is 4.90 Å². The Morgan fingerprint density at radius 3 is 2.22 bits per heavy atom. The van der Waals surface area contributed by atoms with Gasteiger partial charge in [0.15, 0.2) is 0 Å². The molecule has 1 atom stereocenters. The van der Waals surface area contributed by atoms with E-state index in [1.54, 1.807) is 0 Å². The number of alkyl halides is 2. The predicted octanol–water partition coefficient (Wildman–Crippen LogP) is 0.762. The summed E-state index contributed by atoms with van der Waals surface area (Å²) in [5, 5.41) is 0. The van der Waals surface area contributed by atoms with Crippen molar-refractivity contribution in [1.82, 2.24) is 13.5 Å². The second-order valence-corrected chi connectivity index (χ2v) is 8.58. The summed E-state index contributed by atoms with van der Waals surface area (Å²) in [6, 6.07) is 0. The van der Waals surface area contributed by atoms with E-state index in [0.717, 1.165) is 30.2 Å². The zero-order chi connectivity index (χ0) is 16.6. The SMILES string of the molecule is O=C([C@H]1CCCN(S(=O)(=O)N2CC(C(F)F)C2)C1)N1CCCC1. The lowest BCUT2D eigenvalue weighted by Gasteiger charge is -2.42. The number of carbonyl (C=O) groups is 1. The molecule has 0 aromatic rings. The van der Waals surface area contributed by atoms with Crippen molar-refractivity contribution in [3.05, 3.63) is 0 Å². The van der Waals surface area contributed by atoms with Crippen LogP contribution < -0.4 is 0 Å². The molecule has 0 aromatic carbocycles. The van der Waals surface area contributed by atoms with Crippen LogP contribution in [0.25, 0.3) is 0 Å². The third-order valence-corrected chi connectivity index (χ3v) is 6.97. The molecule has 0 radical (unpaired) electrons. The molecule has 0 aromatic heterocycles. The Hall–Kier alpha value is -0.800. The highest BCUT2D eigenvalue weighted by Crippen LogP contribution is 2.30. The van der Waals surface area contributed by atoms with E-state index in [0.29, 0.717) is 19.4 Å². The molecule has 9 heteroatoms. The molecule has 0 N–H and O–H groups in total. The number of rotatable bonds is 4. The molecule has 1 amide bonds. The Morgan fingerprint density at radius 2 is 1.61 bits per heavy atom. The van der Waals surface area contributed by atoms with E-state index in [4.69, 9.17) is 0 Å². The Kier molecular flexibility index (Phi) is 4.89. The summed E-state index contributed by atoms with van der Waals surface area (Å²) in [6.45, 7) is 1.80. The minimum atomic E-state index is -3.72. The summed E-state index contributed by atoms with van der Waals surface area (Å²) in [5.74, 6) is -1.13. The number of carbonyl (C=O) groups excluding carboxylic acids is 1. The summed E-state index contributed by atoms with van der Waals surface area (Å²) in [5.41, 5.74) is 0. The number of hydrogen-bond donors (Lipinski definition) is 0. The maximum Gasteiger partial charge on any atom is 0.282 e. The third-order valence-electron chi connectivity index (χ3n) is 5.04. The number of amides is 1. The molecule has 3 rings (SSSR count). The van der Waals surface area contributed by atoms with Gasteiger partial charge in [-0.1, -0.05) is 0 Å². The maximum absolute atomic E-state index is 12.5. The molecular formula is C14H23F2N3O3S. The van der Waals surface area contributed by atoms with Crippen molar-refractivity contribution < 1.29 is 22.0 Å². The van der Waals surface area contributed by atoms with Gasteiger partial charge in [0.05, 0.1) is 5.92 Å². The molecule has 0 aliphatic carbocycles. The second-order valence-electron chi connectivity index (χ2n) is 6.65. The quantitative estimate of drug-likeness (QED) is 0.751. The average Bonchev–Trinajstić information content (AvgIpc) is 2.98. The molecule has 3 saturated heterocycles. The molecule has 3 aliphatic rings. The van der Waals surface area contributed by atoms with Gasteiger partial charge < -0.3 is 4.90 Å².